The number of anilines is 1. The molecule has 4 heteroatoms. The van der Waals surface area contributed by atoms with Gasteiger partial charge in [-0.1, -0.05) is 52.1 Å². The first-order valence-corrected chi connectivity index (χ1v) is 8.63. The number of hydrogen-bond donors (Lipinski definition) is 1. The molecule has 21 heavy (non-hydrogen) atoms. The van der Waals surface area contributed by atoms with Crippen molar-refractivity contribution in [3.8, 4) is 0 Å². The summed E-state index contributed by atoms with van der Waals surface area (Å²) in [6.45, 7) is 12.8. The lowest BCUT2D eigenvalue weighted by atomic mass is 10.0. The lowest BCUT2D eigenvalue weighted by molar-refractivity contribution is 0.224. The van der Waals surface area contributed by atoms with Gasteiger partial charge in [-0.3, -0.25) is 4.90 Å². The molecule has 0 radical (unpaired) electrons. The summed E-state index contributed by atoms with van der Waals surface area (Å²) in [6.07, 6.45) is 3.55. The van der Waals surface area contributed by atoms with E-state index in [9.17, 15) is 0 Å². The van der Waals surface area contributed by atoms with Crippen molar-refractivity contribution >= 4 is 17.4 Å². The smallest absolute Gasteiger partial charge is 0.126 e. The van der Waals surface area contributed by atoms with Crippen LogP contribution in [0.25, 0.3) is 0 Å². The van der Waals surface area contributed by atoms with E-state index in [2.05, 4.69) is 42.9 Å². The third-order valence-electron chi connectivity index (χ3n) is 3.97. The van der Waals surface area contributed by atoms with Crippen LogP contribution in [0.1, 0.15) is 52.7 Å². The summed E-state index contributed by atoms with van der Waals surface area (Å²) in [5.74, 6) is 1.68. The molecule has 0 aliphatic rings. The lowest BCUT2D eigenvalue weighted by Crippen LogP contribution is -2.29. The monoisotopic (exact) mass is 311 g/mol. The van der Waals surface area contributed by atoms with Crippen molar-refractivity contribution in [3.63, 3.8) is 0 Å². The van der Waals surface area contributed by atoms with Gasteiger partial charge in [0.25, 0.3) is 0 Å². The lowest BCUT2D eigenvalue weighted by Gasteiger charge is -2.25. The molecule has 1 N–H and O–H groups in total. The van der Waals surface area contributed by atoms with Gasteiger partial charge in [0, 0.05) is 19.6 Å². The number of pyridine rings is 1. The summed E-state index contributed by atoms with van der Waals surface area (Å²) in [4.78, 5) is 7.11. The average molecular weight is 312 g/mol. The van der Waals surface area contributed by atoms with Crippen LogP contribution >= 0.6 is 11.6 Å². The van der Waals surface area contributed by atoms with Gasteiger partial charge in [0.15, 0.2) is 0 Å². The molecule has 0 unspecified atom stereocenters. The van der Waals surface area contributed by atoms with E-state index in [0.717, 1.165) is 55.1 Å². The Morgan fingerprint density at radius 3 is 2.48 bits per heavy atom. The highest BCUT2D eigenvalue weighted by atomic mass is 35.5. The van der Waals surface area contributed by atoms with Gasteiger partial charge in [0.1, 0.15) is 5.82 Å². The van der Waals surface area contributed by atoms with Gasteiger partial charge in [0.05, 0.1) is 10.7 Å². The van der Waals surface area contributed by atoms with Gasteiger partial charge in [-0.2, -0.15) is 0 Å². The van der Waals surface area contributed by atoms with Crippen LogP contribution in [0.2, 0.25) is 5.02 Å². The van der Waals surface area contributed by atoms with Crippen molar-refractivity contribution in [2.75, 3.05) is 25.0 Å². The van der Waals surface area contributed by atoms with Gasteiger partial charge >= 0.3 is 0 Å². The van der Waals surface area contributed by atoms with E-state index in [1.54, 1.807) is 0 Å². The minimum absolute atomic E-state index is 0.755. The molecule has 0 aliphatic heterocycles. The molecule has 1 rings (SSSR count). The molecule has 0 amide bonds. The zero-order valence-electron chi connectivity index (χ0n) is 14.0. The molecule has 1 heterocycles. The molecule has 1 aromatic heterocycles. The third-order valence-corrected chi connectivity index (χ3v) is 4.31. The number of rotatable bonds is 10. The summed E-state index contributed by atoms with van der Waals surface area (Å²) >= 11 is 6.32. The molecule has 120 valence electrons. The highest BCUT2D eigenvalue weighted by Gasteiger charge is 2.13. The number of aromatic nitrogens is 1. The predicted molar refractivity (Wildman–Crippen MR) is 93.1 cm³/mol. The van der Waals surface area contributed by atoms with E-state index >= 15 is 0 Å². The van der Waals surface area contributed by atoms with Crippen LogP contribution in [-0.2, 0) is 6.54 Å². The Bertz CT molecular complexity index is 405. The maximum absolute atomic E-state index is 6.32. The quantitative estimate of drug-likeness (QED) is 0.671. The molecule has 1 aromatic rings. The second-order valence-corrected chi connectivity index (χ2v) is 5.97. The number of nitrogens with one attached hydrogen (secondary N) is 1. The first-order valence-electron chi connectivity index (χ1n) is 8.26. The van der Waals surface area contributed by atoms with E-state index in [-0.39, 0.29) is 0 Å². The SMILES string of the molecule is CCCNc1ccc(Cl)c(CN(CC)CC(CC)CC)n1. The Morgan fingerprint density at radius 1 is 1.19 bits per heavy atom. The Hall–Kier alpha value is -0.800. The first kappa shape index (κ1) is 18.2. The Labute approximate surface area is 135 Å². The molecule has 0 saturated carbocycles. The molecule has 0 spiro atoms. The summed E-state index contributed by atoms with van der Waals surface area (Å²) in [6, 6.07) is 3.91. The first-order chi connectivity index (χ1) is 10.1. The molecule has 0 aromatic carbocycles. The van der Waals surface area contributed by atoms with E-state index in [4.69, 9.17) is 11.6 Å². The summed E-state index contributed by atoms with van der Waals surface area (Å²) in [5, 5.41) is 4.09. The van der Waals surface area contributed by atoms with Crippen LogP contribution in [0.4, 0.5) is 5.82 Å². The Morgan fingerprint density at radius 2 is 1.90 bits per heavy atom. The number of halogens is 1. The zero-order valence-corrected chi connectivity index (χ0v) is 14.7. The van der Waals surface area contributed by atoms with Crippen molar-refractivity contribution in [2.24, 2.45) is 5.92 Å². The van der Waals surface area contributed by atoms with E-state index in [1.807, 2.05) is 12.1 Å². The molecule has 0 fully saturated rings. The maximum Gasteiger partial charge on any atom is 0.126 e. The maximum atomic E-state index is 6.32. The molecular weight excluding hydrogens is 282 g/mol. The van der Waals surface area contributed by atoms with Gasteiger partial charge in [-0.25, -0.2) is 4.98 Å². The predicted octanol–water partition coefficient (Wildman–Crippen LogP) is 4.82. The van der Waals surface area contributed by atoms with Gasteiger partial charge in [0.2, 0.25) is 0 Å². The highest BCUT2D eigenvalue weighted by molar-refractivity contribution is 6.31. The number of hydrogen-bond acceptors (Lipinski definition) is 3. The zero-order chi connectivity index (χ0) is 15.7. The molecule has 0 atom stereocenters. The van der Waals surface area contributed by atoms with Gasteiger partial charge in [-0.05, 0) is 31.0 Å². The van der Waals surface area contributed by atoms with Crippen LogP contribution in [-0.4, -0.2) is 29.5 Å². The van der Waals surface area contributed by atoms with E-state index in [1.165, 1.54) is 12.8 Å². The standard InChI is InChI=1S/C17H30ClN3/c1-5-11-19-17-10-9-15(18)16(20-17)13-21(8-4)12-14(6-2)7-3/h9-10,14H,5-8,11-13H2,1-4H3,(H,19,20). The van der Waals surface area contributed by atoms with Crippen molar-refractivity contribution in [1.29, 1.82) is 0 Å². The van der Waals surface area contributed by atoms with Crippen LogP contribution < -0.4 is 5.32 Å². The van der Waals surface area contributed by atoms with Crippen molar-refractivity contribution < 1.29 is 0 Å². The fraction of sp³-hybridized carbons (Fsp3) is 0.706. The van der Waals surface area contributed by atoms with Gasteiger partial charge < -0.3 is 5.32 Å². The minimum atomic E-state index is 0.755. The minimum Gasteiger partial charge on any atom is -0.370 e. The number of nitrogens with zero attached hydrogens (tertiary/aromatic N) is 2. The second-order valence-electron chi connectivity index (χ2n) is 5.56. The van der Waals surface area contributed by atoms with Crippen LogP contribution in [0.15, 0.2) is 12.1 Å². The molecule has 0 saturated heterocycles. The van der Waals surface area contributed by atoms with Crippen LogP contribution in [0.3, 0.4) is 0 Å². The highest BCUT2D eigenvalue weighted by Crippen LogP contribution is 2.20. The fourth-order valence-corrected chi connectivity index (χ4v) is 2.54. The molecule has 0 aliphatic carbocycles. The van der Waals surface area contributed by atoms with Crippen molar-refractivity contribution in [1.82, 2.24) is 9.88 Å². The molecular formula is C17H30ClN3. The normalized spacial score (nSPS) is 11.4. The average Bonchev–Trinajstić information content (AvgIpc) is 2.51. The van der Waals surface area contributed by atoms with Crippen molar-refractivity contribution in [2.45, 2.75) is 53.5 Å². The van der Waals surface area contributed by atoms with E-state index in [0.29, 0.717) is 0 Å². The summed E-state index contributed by atoms with van der Waals surface area (Å²) in [7, 11) is 0. The van der Waals surface area contributed by atoms with Gasteiger partial charge in [-0.15, -0.1) is 0 Å². The largest absolute Gasteiger partial charge is 0.370 e. The third kappa shape index (κ3) is 6.23. The molecule has 3 nitrogen and oxygen atoms in total. The topological polar surface area (TPSA) is 28.2 Å². The fourth-order valence-electron chi connectivity index (χ4n) is 2.38. The summed E-state index contributed by atoms with van der Waals surface area (Å²) in [5.41, 5.74) is 0.977. The summed E-state index contributed by atoms with van der Waals surface area (Å²) < 4.78 is 0. The van der Waals surface area contributed by atoms with E-state index < -0.39 is 0 Å². The van der Waals surface area contributed by atoms with Crippen LogP contribution in [0.5, 0.6) is 0 Å². The van der Waals surface area contributed by atoms with Crippen molar-refractivity contribution in [3.05, 3.63) is 22.8 Å². The second kappa shape index (κ2) is 10.0. The Kier molecular flexibility index (Phi) is 8.70. The molecule has 0 bridgehead atoms. The van der Waals surface area contributed by atoms with Crippen LogP contribution in [0, 0.1) is 5.92 Å². The Balaban J connectivity index is 2.73.